The zero-order chi connectivity index (χ0) is 29.2. The fourth-order valence-electron chi connectivity index (χ4n) is 4.88. The summed E-state index contributed by atoms with van der Waals surface area (Å²) in [6.45, 7) is 10.3. The molecule has 216 valence electrons. The Bertz CT molecular complexity index is 1260. The predicted octanol–water partition coefficient (Wildman–Crippen LogP) is 5.59. The van der Waals surface area contributed by atoms with Gasteiger partial charge in [-0.3, -0.25) is 9.59 Å². The normalized spacial score (nSPS) is 18.2. The van der Waals surface area contributed by atoms with Crippen molar-refractivity contribution in [1.29, 1.82) is 0 Å². The second-order valence-electron chi connectivity index (χ2n) is 11.8. The average Bonchev–Trinajstić information content (AvgIpc) is 3.68. The Morgan fingerprint density at radius 1 is 1.07 bits per heavy atom. The lowest BCUT2D eigenvalue weighted by Gasteiger charge is -2.30. The summed E-state index contributed by atoms with van der Waals surface area (Å²) in [7, 11) is 0. The van der Waals surface area contributed by atoms with Gasteiger partial charge in [0.05, 0.1) is 11.4 Å². The van der Waals surface area contributed by atoms with E-state index in [-0.39, 0.29) is 18.4 Å². The van der Waals surface area contributed by atoms with Gasteiger partial charge in [-0.05, 0) is 83.2 Å². The molecule has 0 bridgehead atoms. The molecule has 0 saturated heterocycles. The molecule has 3 amide bonds. The van der Waals surface area contributed by atoms with Crippen molar-refractivity contribution in [2.45, 2.75) is 77.6 Å². The van der Waals surface area contributed by atoms with Crippen LogP contribution in [0.5, 0.6) is 0 Å². The molecule has 2 aromatic rings. The van der Waals surface area contributed by atoms with E-state index in [1.807, 2.05) is 38.1 Å². The van der Waals surface area contributed by atoms with Crippen LogP contribution in [0.3, 0.4) is 0 Å². The van der Waals surface area contributed by atoms with E-state index in [0.29, 0.717) is 28.1 Å². The van der Waals surface area contributed by atoms with E-state index in [4.69, 9.17) is 27.9 Å². The summed E-state index contributed by atoms with van der Waals surface area (Å²) in [4.78, 5) is 44.4. The Balaban J connectivity index is 1.62. The molecule has 1 aliphatic carbocycles. The SMILES string of the molecule is CC(C)N1C(=O)[C@H](NC(=O)[C@@H](Cc2ccc(Cl)cc2Cl)NC(=O)OC(C)(C)C)CN(CC2CC2)c2ccccc21. The molecule has 2 aliphatic rings. The van der Waals surface area contributed by atoms with E-state index in [0.717, 1.165) is 30.8 Å². The molecule has 1 heterocycles. The van der Waals surface area contributed by atoms with E-state index < -0.39 is 29.7 Å². The molecule has 0 aromatic heterocycles. The molecule has 8 nitrogen and oxygen atoms in total. The zero-order valence-electron chi connectivity index (χ0n) is 23.7. The summed E-state index contributed by atoms with van der Waals surface area (Å²) in [6.07, 6.45) is 1.65. The molecule has 10 heteroatoms. The zero-order valence-corrected chi connectivity index (χ0v) is 25.2. The number of ether oxygens (including phenoxy) is 1. The minimum atomic E-state index is -1.05. The van der Waals surface area contributed by atoms with Crippen molar-refractivity contribution in [3.05, 3.63) is 58.1 Å². The number of fused-ring (bicyclic) bond motifs is 1. The number of carbonyl (C=O) groups excluding carboxylic acids is 3. The van der Waals surface area contributed by atoms with E-state index >= 15 is 0 Å². The van der Waals surface area contributed by atoms with Gasteiger partial charge in [-0.2, -0.15) is 0 Å². The van der Waals surface area contributed by atoms with Crippen LogP contribution in [0.15, 0.2) is 42.5 Å². The molecule has 2 aromatic carbocycles. The van der Waals surface area contributed by atoms with Crippen LogP contribution in [0.1, 0.15) is 53.0 Å². The first-order chi connectivity index (χ1) is 18.8. The maximum Gasteiger partial charge on any atom is 0.408 e. The highest BCUT2D eigenvalue weighted by atomic mass is 35.5. The number of hydrogen-bond acceptors (Lipinski definition) is 5. The number of para-hydroxylation sites is 2. The lowest BCUT2D eigenvalue weighted by atomic mass is 10.0. The van der Waals surface area contributed by atoms with Crippen molar-refractivity contribution < 1.29 is 19.1 Å². The lowest BCUT2D eigenvalue weighted by Crippen LogP contribution is -2.58. The Labute approximate surface area is 246 Å². The van der Waals surface area contributed by atoms with Crippen molar-refractivity contribution in [2.24, 2.45) is 5.92 Å². The van der Waals surface area contributed by atoms with Gasteiger partial charge in [-0.1, -0.05) is 41.4 Å². The number of amides is 3. The highest BCUT2D eigenvalue weighted by molar-refractivity contribution is 6.35. The fraction of sp³-hybridized carbons (Fsp3) is 0.500. The van der Waals surface area contributed by atoms with E-state index in [2.05, 4.69) is 15.5 Å². The monoisotopic (exact) mass is 588 g/mol. The van der Waals surface area contributed by atoms with Crippen molar-refractivity contribution in [2.75, 3.05) is 22.9 Å². The summed E-state index contributed by atoms with van der Waals surface area (Å²) < 4.78 is 5.43. The van der Waals surface area contributed by atoms with Gasteiger partial charge in [-0.25, -0.2) is 4.79 Å². The molecule has 1 aliphatic heterocycles. The third-order valence-corrected chi connectivity index (χ3v) is 7.46. The predicted molar refractivity (Wildman–Crippen MR) is 159 cm³/mol. The third kappa shape index (κ3) is 7.61. The molecular weight excluding hydrogens is 551 g/mol. The van der Waals surface area contributed by atoms with Crippen LogP contribution in [0, 0.1) is 5.92 Å². The van der Waals surface area contributed by atoms with E-state index in [1.165, 1.54) is 0 Å². The quantitative estimate of drug-likeness (QED) is 0.419. The van der Waals surface area contributed by atoms with Crippen molar-refractivity contribution >= 4 is 52.5 Å². The second kappa shape index (κ2) is 12.3. The van der Waals surface area contributed by atoms with Gasteiger partial charge in [0, 0.05) is 35.6 Å². The Morgan fingerprint density at radius 2 is 1.75 bits per heavy atom. The standard InChI is InChI=1S/C30H38Cl2N4O4/c1-18(2)36-26-9-7-6-8-25(26)35(16-19-10-11-19)17-24(28(36)38)33-27(37)23(34-29(39)40-30(3,4)5)14-20-12-13-21(31)15-22(20)32/h6-9,12-13,15,18-19,23-24H,10-11,14,16-17H2,1-5H3,(H,33,37)(H,34,39)/t23-,24-/m1/s1. The molecule has 0 unspecified atom stereocenters. The van der Waals surface area contributed by atoms with Gasteiger partial charge in [0.2, 0.25) is 5.91 Å². The molecule has 1 fully saturated rings. The molecule has 0 spiro atoms. The number of hydrogen-bond donors (Lipinski definition) is 2. The fourth-order valence-corrected chi connectivity index (χ4v) is 5.37. The van der Waals surface area contributed by atoms with Gasteiger partial charge in [0.1, 0.15) is 17.7 Å². The molecule has 2 atom stereocenters. The number of anilines is 2. The summed E-state index contributed by atoms with van der Waals surface area (Å²) in [5, 5.41) is 6.48. The first-order valence-corrected chi connectivity index (χ1v) is 14.5. The number of carbonyl (C=O) groups is 3. The molecule has 2 N–H and O–H groups in total. The topological polar surface area (TPSA) is 91.0 Å². The van der Waals surface area contributed by atoms with E-state index in [1.54, 1.807) is 43.9 Å². The van der Waals surface area contributed by atoms with Crippen LogP contribution in [0.2, 0.25) is 10.0 Å². The molecule has 1 saturated carbocycles. The van der Waals surface area contributed by atoms with Crippen LogP contribution in [0.25, 0.3) is 0 Å². The molecular formula is C30H38Cl2N4O4. The maximum atomic E-state index is 14.0. The minimum absolute atomic E-state index is 0.0852. The smallest absolute Gasteiger partial charge is 0.408 e. The van der Waals surface area contributed by atoms with Gasteiger partial charge in [-0.15, -0.1) is 0 Å². The number of nitrogens with one attached hydrogen (secondary N) is 2. The van der Waals surface area contributed by atoms with Crippen molar-refractivity contribution in [1.82, 2.24) is 10.6 Å². The number of alkyl carbamates (subject to hydrolysis) is 1. The average molecular weight is 590 g/mol. The summed E-state index contributed by atoms with van der Waals surface area (Å²) in [5.41, 5.74) is 1.68. The van der Waals surface area contributed by atoms with E-state index in [9.17, 15) is 14.4 Å². The Morgan fingerprint density at radius 3 is 2.35 bits per heavy atom. The van der Waals surface area contributed by atoms with Crippen LogP contribution in [0.4, 0.5) is 16.2 Å². The van der Waals surface area contributed by atoms with Gasteiger partial charge in [0.15, 0.2) is 0 Å². The first-order valence-electron chi connectivity index (χ1n) is 13.7. The number of halogens is 2. The van der Waals surface area contributed by atoms with Crippen LogP contribution >= 0.6 is 23.2 Å². The third-order valence-electron chi connectivity index (χ3n) is 6.88. The van der Waals surface area contributed by atoms with Gasteiger partial charge < -0.3 is 25.2 Å². The second-order valence-corrected chi connectivity index (χ2v) is 12.7. The Kier molecular flexibility index (Phi) is 9.20. The van der Waals surface area contributed by atoms with Crippen LogP contribution in [-0.4, -0.2) is 54.7 Å². The number of nitrogens with zero attached hydrogens (tertiary/aromatic N) is 2. The first kappa shape index (κ1) is 30.0. The number of rotatable bonds is 8. The van der Waals surface area contributed by atoms with Crippen molar-refractivity contribution in [3.8, 4) is 0 Å². The Hall–Kier alpha value is -2.97. The summed E-state index contributed by atoms with van der Waals surface area (Å²) >= 11 is 12.5. The largest absolute Gasteiger partial charge is 0.444 e. The summed E-state index contributed by atoms with van der Waals surface area (Å²) in [5.74, 6) is -0.135. The van der Waals surface area contributed by atoms with Crippen LogP contribution in [-0.2, 0) is 20.7 Å². The highest BCUT2D eigenvalue weighted by Crippen LogP contribution is 2.38. The van der Waals surface area contributed by atoms with Crippen molar-refractivity contribution in [3.63, 3.8) is 0 Å². The minimum Gasteiger partial charge on any atom is -0.444 e. The maximum absolute atomic E-state index is 14.0. The van der Waals surface area contributed by atoms with Crippen LogP contribution < -0.4 is 20.4 Å². The molecule has 4 rings (SSSR count). The lowest BCUT2D eigenvalue weighted by molar-refractivity contribution is -0.128. The van der Waals surface area contributed by atoms with Gasteiger partial charge >= 0.3 is 6.09 Å². The highest BCUT2D eigenvalue weighted by Gasteiger charge is 2.38. The molecule has 40 heavy (non-hydrogen) atoms. The number of benzene rings is 2. The summed E-state index contributed by atoms with van der Waals surface area (Å²) in [6, 6.07) is 10.8. The van der Waals surface area contributed by atoms with Gasteiger partial charge in [0.25, 0.3) is 5.91 Å². The molecule has 0 radical (unpaired) electrons.